The molecular weight excluding hydrogens is 266 g/mol. The Morgan fingerprint density at radius 1 is 1.24 bits per heavy atom. The summed E-state index contributed by atoms with van der Waals surface area (Å²) in [5.41, 5.74) is 1.56. The number of aliphatic imine (C=N–C) groups is 2. The molecule has 1 atom stereocenters. The van der Waals surface area contributed by atoms with Crippen molar-refractivity contribution in [3.05, 3.63) is 59.8 Å². The highest BCUT2D eigenvalue weighted by atomic mass is 16.2. The van der Waals surface area contributed by atoms with Crippen molar-refractivity contribution < 1.29 is 9.59 Å². The number of nitrogens with zero attached hydrogens (tertiary/aromatic N) is 2. The molecule has 3 rings (SSSR count). The normalized spacial score (nSPS) is 19.6. The number of amides is 1. The fourth-order valence-corrected chi connectivity index (χ4v) is 2.11. The van der Waals surface area contributed by atoms with E-state index in [0.717, 1.165) is 5.56 Å². The van der Waals surface area contributed by atoms with Crippen LogP contribution in [0.2, 0.25) is 0 Å². The predicted molar refractivity (Wildman–Crippen MR) is 79.9 cm³/mol. The third-order valence-electron chi connectivity index (χ3n) is 3.23. The first-order valence-corrected chi connectivity index (χ1v) is 6.61. The maximum atomic E-state index is 12.0. The molecule has 0 aromatic heterocycles. The van der Waals surface area contributed by atoms with Crippen molar-refractivity contribution >= 4 is 23.7 Å². The fourth-order valence-electron chi connectivity index (χ4n) is 2.11. The number of rotatable bonds is 3. The standard InChI is InChI=1S/C16H13N3O2/c20-14-8-4-7-13-12(14)10-17-15(19-13)16(21)18-9-11-5-2-1-3-6-11/h1-8,10,12H,9H2,(H,18,21). The summed E-state index contributed by atoms with van der Waals surface area (Å²) in [6, 6.07) is 9.59. The van der Waals surface area contributed by atoms with Crippen LogP contribution in [-0.4, -0.2) is 23.7 Å². The Labute approximate surface area is 121 Å². The highest BCUT2D eigenvalue weighted by molar-refractivity contribution is 6.40. The molecule has 0 saturated carbocycles. The van der Waals surface area contributed by atoms with E-state index >= 15 is 0 Å². The van der Waals surface area contributed by atoms with E-state index in [1.807, 2.05) is 30.3 Å². The summed E-state index contributed by atoms with van der Waals surface area (Å²) in [5.74, 6) is -0.794. The van der Waals surface area contributed by atoms with Gasteiger partial charge in [0.05, 0.1) is 11.6 Å². The number of hydrogen-bond acceptors (Lipinski definition) is 4. The third-order valence-corrected chi connectivity index (χ3v) is 3.23. The Kier molecular flexibility index (Phi) is 3.55. The molecule has 0 radical (unpaired) electrons. The number of ketones is 1. The molecule has 1 aliphatic carbocycles. The molecule has 1 aromatic rings. The molecule has 1 aromatic carbocycles. The number of carbonyl (C=O) groups excluding carboxylic acids is 2. The summed E-state index contributed by atoms with van der Waals surface area (Å²) in [6.07, 6.45) is 6.32. The van der Waals surface area contributed by atoms with Crippen molar-refractivity contribution in [3.8, 4) is 0 Å². The van der Waals surface area contributed by atoms with Crippen LogP contribution in [-0.2, 0) is 16.1 Å². The topological polar surface area (TPSA) is 70.9 Å². The van der Waals surface area contributed by atoms with E-state index in [2.05, 4.69) is 15.3 Å². The van der Waals surface area contributed by atoms with Gasteiger partial charge in [0.25, 0.3) is 5.91 Å². The molecule has 1 unspecified atom stereocenters. The minimum absolute atomic E-state index is 0.0660. The van der Waals surface area contributed by atoms with Gasteiger partial charge in [0.1, 0.15) is 0 Å². The van der Waals surface area contributed by atoms with Gasteiger partial charge >= 0.3 is 0 Å². The highest BCUT2D eigenvalue weighted by Gasteiger charge is 2.26. The Balaban J connectivity index is 1.69. The first kappa shape index (κ1) is 13.2. The van der Waals surface area contributed by atoms with Gasteiger partial charge in [0, 0.05) is 12.8 Å². The maximum absolute atomic E-state index is 12.0. The smallest absolute Gasteiger partial charge is 0.289 e. The van der Waals surface area contributed by atoms with Crippen molar-refractivity contribution in [1.29, 1.82) is 0 Å². The van der Waals surface area contributed by atoms with Crippen LogP contribution < -0.4 is 5.32 Å². The summed E-state index contributed by atoms with van der Waals surface area (Å²) in [6.45, 7) is 0.412. The van der Waals surface area contributed by atoms with Crippen LogP contribution in [0.5, 0.6) is 0 Å². The van der Waals surface area contributed by atoms with Crippen LogP contribution >= 0.6 is 0 Å². The number of carbonyl (C=O) groups is 2. The van der Waals surface area contributed by atoms with E-state index in [9.17, 15) is 9.59 Å². The summed E-state index contributed by atoms with van der Waals surface area (Å²) in [4.78, 5) is 31.8. The molecule has 5 nitrogen and oxygen atoms in total. The van der Waals surface area contributed by atoms with E-state index < -0.39 is 5.92 Å². The number of amidine groups is 1. The van der Waals surface area contributed by atoms with Gasteiger partial charge in [-0.15, -0.1) is 0 Å². The van der Waals surface area contributed by atoms with Gasteiger partial charge in [-0.2, -0.15) is 0 Å². The minimum Gasteiger partial charge on any atom is -0.345 e. The second-order valence-electron chi connectivity index (χ2n) is 4.71. The first-order chi connectivity index (χ1) is 10.2. The molecule has 1 amide bonds. The van der Waals surface area contributed by atoms with Gasteiger partial charge in [-0.3, -0.25) is 9.59 Å². The quantitative estimate of drug-likeness (QED) is 0.909. The molecule has 104 valence electrons. The lowest BCUT2D eigenvalue weighted by molar-refractivity contribution is -0.116. The monoisotopic (exact) mass is 279 g/mol. The summed E-state index contributed by atoms with van der Waals surface area (Å²) in [5, 5.41) is 2.76. The van der Waals surface area contributed by atoms with Gasteiger partial charge in [-0.1, -0.05) is 36.4 Å². The van der Waals surface area contributed by atoms with Crippen LogP contribution in [0.4, 0.5) is 0 Å². The van der Waals surface area contributed by atoms with E-state index in [1.165, 1.54) is 12.3 Å². The second kappa shape index (κ2) is 5.66. The summed E-state index contributed by atoms with van der Waals surface area (Å²) in [7, 11) is 0. The zero-order valence-electron chi connectivity index (χ0n) is 11.2. The summed E-state index contributed by atoms with van der Waals surface area (Å²) < 4.78 is 0. The van der Waals surface area contributed by atoms with Gasteiger partial charge in [-0.05, 0) is 17.7 Å². The molecule has 0 spiro atoms. The van der Waals surface area contributed by atoms with Crippen molar-refractivity contribution in [2.45, 2.75) is 6.54 Å². The van der Waals surface area contributed by atoms with Crippen molar-refractivity contribution in [3.63, 3.8) is 0 Å². The Morgan fingerprint density at radius 3 is 2.86 bits per heavy atom. The largest absolute Gasteiger partial charge is 0.345 e. The SMILES string of the molecule is O=C(NCc1ccccc1)C1=NC2=CC=CC(=O)C2C=N1. The molecule has 21 heavy (non-hydrogen) atoms. The number of hydrogen-bond donors (Lipinski definition) is 1. The van der Waals surface area contributed by atoms with Crippen LogP contribution in [0.25, 0.3) is 0 Å². The average Bonchev–Trinajstić information content (AvgIpc) is 2.53. The van der Waals surface area contributed by atoms with E-state index in [4.69, 9.17) is 0 Å². The molecule has 0 saturated heterocycles. The Hall–Kier alpha value is -2.82. The lowest BCUT2D eigenvalue weighted by atomic mass is 9.96. The lowest BCUT2D eigenvalue weighted by Gasteiger charge is -2.17. The number of nitrogens with one attached hydrogen (secondary N) is 1. The molecule has 1 N–H and O–H groups in total. The van der Waals surface area contributed by atoms with E-state index in [1.54, 1.807) is 12.2 Å². The number of benzene rings is 1. The zero-order chi connectivity index (χ0) is 14.7. The fraction of sp³-hybridized carbons (Fsp3) is 0.125. The Morgan fingerprint density at radius 2 is 2.05 bits per heavy atom. The van der Waals surface area contributed by atoms with Crippen LogP contribution in [0.3, 0.4) is 0 Å². The van der Waals surface area contributed by atoms with E-state index in [0.29, 0.717) is 12.2 Å². The van der Waals surface area contributed by atoms with Crippen LogP contribution in [0.1, 0.15) is 5.56 Å². The van der Waals surface area contributed by atoms with Crippen LogP contribution in [0.15, 0.2) is 64.2 Å². The lowest BCUT2D eigenvalue weighted by Crippen LogP contribution is -2.33. The molecule has 1 aliphatic heterocycles. The molecular formula is C16H13N3O2. The number of fused-ring (bicyclic) bond motifs is 1. The summed E-state index contributed by atoms with van der Waals surface area (Å²) >= 11 is 0. The third kappa shape index (κ3) is 2.86. The predicted octanol–water partition coefficient (Wildman–Crippen LogP) is 1.42. The van der Waals surface area contributed by atoms with Crippen LogP contribution in [0, 0.1) is 5.92 Å². The molecule has 5 heteroatoms. The average molecular weight is 279 g/mol. The molecule has 2 aliphatic rings. The minimum atomic E-state index is -0.458. The van der Waals surface area contributed by atoms with E-state index in [-0.39, 0.29) is 17.5 Å². The maximum Gasteiger partial charge on any atom is 0.289 e. The highest BCUT2D eigenvalue weighted by Crippen LogP contribution is 2.20. The van der Waals surface area contributed by atoms with Gasteiger partial charge in [0.2, 0.25) is 5.84 Å². The van der Waals surface area contributed by atoms with Gasteiger partial charge < -0.3 is 5.32 Å². The first-order valence-electron chi connectivity index (χ1n) is 6.61. The molecule has 0 fully saturated rings. The Bertz CT molecular complexity index is 699. The zero-order valence-corrected chi connectivity index (χ0v) is 11.2. The van der Waals surface area contributed by atoms with Crippen molar-refractivity contribution in [1.82, 2.24) is 5.32 Å². The van der Waals surface area contributed by atoms with Gasteiger partial charge in [0.15, 0.2) is 5.78 Å². The molecule has 0 bridgehead atoms. The number of allylic oxidation sites excluding steroid dienone is 4. The molecule has 1 heterocycles. The van der Waals surface area contributed by atoms with Crippen molar-refractivity contribution in [2.24, 2.45) is 15.9 Å². The second-order valence-corrected chi connectivity index (χ2v) is 4.71. The van der Waals surface area contributed by atoms with Crippen molar-refractivity contribution in [2.75, 3.05) is 0 Å². The van der Waals surface area contributed by atoms with Gasteiger partial charge in [-0.25, -0.2) is 9.98 Å².